The molecule has 6 nitrogen and oxygen atoms in total. The summed E-state index contributed by atoms with van der Waals surface area (Å²) in [5.41, 5.74) is 0.00877. The molecule has 0 aliphatic carbocycles. The Labute approximate surface area is 174 Å². The maximum Gasteiger partial charge on any atom is 0.311 e. The largest absolute Gasteiger partial charge is 0.479 e. The first-order chi connectivity index (χ1) is 13.8. The Balaban J connectivity index is 1.66. The van der Waals surface area contributed by atoms with E-state index in [1.807, 2.05) is 0 Å². The quantitative estimate of drug-likeness (QED) is 0.193. The number of hydrogen-bond donors (Lipinski definition) is 0. The lowest BCUT2D eigenvalue weighted by atomic mass is 10.1. The van der Waals surface area contributed by atoms with Gasteiger partial charge in [0.05, 0.1) is 15.0 Å². The number of nitro benzene ring substituents is 1. The van der Waals surface area contributed by atoms with E-state index in [4.69, 9.17) is 32.4 Å². The highest BCUT2D eigenvalue weighted by Gasteiger charge is 2.16. The molecule has 148 valence electrons. The van der Waals surface area contributed by atoms with Gasteiger partial charge in [0.2, 0.25) is 0 Å². The zero-order valence-corrected chi connectivity index (χ0v) is 16.1. The van der Waals surface area contributed by atoms with Crippen LogP contribution in [0.15, 0.2) is 59.0 Å². The van der Waals surface area contributed by atoms with Gasteiger partial charge in [0.25, 0.3) is 0 Å². The summed E-state index contributed by atoms with van der Waals surface area (Å²) in [7, 11) is 0. The lowest BCUT2D eigenvalue weighted by molar-refractivity contribution is -0.386. The molecule has 3 aromatic rings. The molecule has 0 fully saturated rings. The first-order valence-electron chi connectivity index (χ1n) is 8.16. The fourth-order valence-corrected chi connectivity index (χ4v) is 2.67. The molecule has 0 radical (unpaired) electrons. The number of nitrogens with zero attached hydrogens (tertiary/aromatic N) is 1. The van der Waals surface area contributed by atoms with Gasteiger partial charge in [-0.15, -0.1) is 0 Å². The normalized spacial score (nSPS) is 11.0. The minimum Gasteiger partial charge on any atom is -0.479 e. The number of ketones is 1. The molecular weight excluding hydrogens is 424 g/mol. The van der Waals surface area contributed by atoms with Crippen LogP contribution in [0.2, 0.25) is 10.0 Å². The van der Waals surface area contributed by atoms with E-state index < -0.39 is 10.7 Å². The van der Waals surface area contributed by atoms with Crippen LogP contribution < -0.4 is 4.74 Å². The summed E-state index contributed by atoms with van der Waals surface area (Å²) in [6.45, 7) is -0.154. The number of carbonyl (C=O) groups excluding carboxylic acids is 1. The fraction of sp³-hybridized carbons (Fsp3) is 0.0500. The molecule has 3 rings (SSSR count). The SMILES string of the molecule is O=C(/C=C/c1ccc(COc2cc(F)ccc2[N+](=O)[O-])o1)c1ccc(Cl)c(Cl)c1. The summed E-state index contributed by atoms with van der Waals surface area (Å²) in [6.07, 6.45) is 2.76. The van der Waals surface area contributed by atoms with Crippen LogP contribution in [0.25, 0.3) is 6.08 Å². The smallest absolute Gasteiger partial charge is 0.311 e. The standard InChI is InChI=1S/C20H12Cl2FNO5/c21-16-6-1-12(9-17(16)22)19(25)8-5-14-3-4-15(29-14)11-28-20-10-13(23)2-7-18(20)24(26)27/h1-10H,11H2/b8-5+. The molecule has 0 bridgehead atoms. The molecular formula is C20H12Cl2FNO5. The molecule has 0 aliphatic heterocycles. The van der Waals surface area contributed by atoms with Crippen LogP contribution in [0.1, 0.15) is 21.9 Å². The topological polar surface area (TPSA) is 82.6 Å². The molecule has 1 aromatic heterocycles. The van der Waals surface area contributed by atoms with E-state index in [1.54, 1.807) is 18.2 Å². The summed E-state index contributed by atoms with van der Waals surface area (Å²) >= 11 is 11.7. The van der Waals surface area contributed by atoms with Crippen molar-refractivity contribution in [1.29, 1.82) is 0 Å². The molecule has 1 heterocycles. The van der Waals surface area contributed by atoms with Crippen molar-refractivity contribution in [2.45, 2.75) is 6.61 Å². The number of rotatable bonds is 7. The van der Waals surface area contributed by atoms with Crippen LogP contribution in [0, 0.1) is 15.9 Å². The van der Waals surface area contributed by atoms with Crippen LogP contribution in [0.5, 0.6) is 5.75 Å². The number of halogens is 3. The molecule has 0 saturated carbocycles. The van der Waals surface area contributed by atoms with Gasteiger partial charge >= 0.3 is 5.69 Å². The predicted molar refractivity (Wildman–Crippen MR) is 106 cm³/mol. The van der Waals surface area contributed by atoms with Crippen LogP contribution >= 0.6 is 23.2 Å². The highest BCUT2D eigenvalue weighted by atomic mass is 35.5. The van der Waals surface area contributed by atoms with Gasteiger partial charge in [-0.3, -0.25) is 14.9 Å². The van der Waals surface area contributed by atoms with E-state index >= 15 is 0 Å². The van der Waals surface area contributed by atoms with Crippen LogP contribution in [0.3, 0.4) is 0 Å². The maximum absolute atomic E-state index is 13.3. The van der Waals surface area contributed by atoms with Gasteiger partial charge in [-0.1, -0.05) is 23.2 Å². The van der Waals surface area contributed by atoms with Gasteiger partial charge in [-0.25, -0.2) is 4.39 Å². The van der Waals surface area contributed by atoms with Gasteiger partial charge in [0.1, 0.15) is 23.9 Å². The number of benzene rings is 2. The zero-order valence-electron chi connectivity index (χ0n) is 14.6. The Hall–Kier alpha value is -3.16. The minimum atomic E-state index is -0.667. The first kappa shape index (κ1) is 20.6. The van der Waals surface area contributed by atoms with Gasteiger partial charge in [0, 0.05) is 17.7 Å². The number of allylic oxidation sites excluding steroid dienone is 1. The highest BCUT2D eigenvalue weighted by molar-refractivity contribution is 6.42. The number of hydrogen-bond acceptors (Lipinski definition) is 5. The molecule has 0 aliphatic rings. The molecule has 0 unspecified atom stereocenters. The second-order valence-electron chi connectivity index (χ2n) is 5.79. The number of nitro groups is 1. The van der Waals surface area contributed by atoms with Gasteiger partial charge in [0.15, 0.2) is 11.5 Å². The third-order valence-corrected chi connectivity index (χ3v) is 4.51. The van der Waals surface area contributed by atoms with Crippen molar-refractivity contribution in [2.75, 3.05) is 0 Å². The van der Waals surface area contributed by atoms with E-state index in [9.17, 15) is 19.3 Å². The Bertz CT molecular complexity index is 1110. The third kappa shape index (κ3) is 5.22. The summed E-state index contributed by atoms with van der Waals surface area (Å²) in [5, 5.41) is 11.6. The van der Waals surface area contributed by atoms with Crippen molar-refractivity contribution in [3.63, 3.8) is 0 Å². The van der Waals surface area contributed by atoms with Crippen molar-refractivity contribution in [2.24, 2.45) is 0 Å². The molecule has 0 saturated heterocycles. The van der Waals surface area contributed by atoms with Crippen molar-refractivity contribution in [1.82, 2.24) is 0 Å². The first-order valence-corrected chi connectivity index (χ1v) is 8.92. The monoisotopic (exact) mass is 435 g/mol. The van der Waals surface area contributed by atoms with Gasteiger partial charge in [-0.05, 0) is 48.6 Å². The van der Waals surface area contributed by atoms with Gasteiger partial charge < -0.3 is 9.15 Å². The molecule has 0 N–H and O–H groups in total. The fourth-order valence-electron chi connectivity index (χ4n) is 2.37. The average molecular weight is 436 g/mol. The maximum atomic E-state index is 13.3. The van der Waals surface area contributed by atoms with Crippen molar-refractivity contribution in [3.05, 3.63) is 97.7 Å². The minimum absolute atomic E-state index is 0.154. The Morgan fingerprint density at radius 3 is 2.66 bits per heavy atom. The van der Waals surface area contributed by atoms with E-state index in [0.717, 1.165) is 18.2 Å². The molecule has 0 amide bonds. The molecule has 0 spiro atoms. The molecule has 0 atom stereocenters. The van der Waals surface area contributed by atoms with E-state index in [2.05, 4.69) is 0 Å². The summed E-state index contributed by atoms with van der Waals surface area (Å²) < 4.78 is 24.1. The number of furan rings is 1. The molecule has 29 heavy (non-hydrogen) atoms. The number of ether oxygens (including phenoxy) is 1. The van der Waals surface area contributed by atoms with E-state index in [0.29, 0.717) is 22.1 Å². The van der Waals surface area contributed by atoms with Crippen molar-refractivity contribution < 1.29 is 23.3 Å². The second-order valence-corrected chi connectivity index (χ2v) is 6.60. The van der Waals surface area contributed by atoms with Crippen LogP contribution in [-0.4, -0.2) is 10.7 Å². The van der Waals surface area contributed by atoms with E-state index in [1.165, 1.54) is 24.3 Å². The highest BCUT2D eigenvalue weighted by Crippen LogP contribution is 2.28. The zero-order chi connectivity index (χ0) is 21.0. The van der Waals surface area contributed by atoms with Crippen molar-refractivity contribution in [3.8, 4) is 5.75 Å². The van der Waals surface area contributed by atoms with Crippen LogP contribution in [-0.2, 0) is 6.61 Å². The number of carbonyl (C=O) groups is 1. The Morgan fingerprint density at radius 2 is 1.93 bits per heavy atom. The van der Waals surface area contributed by atoms with Gasteiger partial charge in [-0.2, -0.15) is 0 Å². The summed E-state index contributed by atoms with van der Waals surface area (Å²) in [5.74, 6) is -0.461. The van der Waals surface area contributed by atoms with E-state index in [-0.39, 0.29) is 28.8 Å². The molecule has 2 aromatic carbocycles. The van der Waals surface area contributed by atoms with Crippen molar-refractivity contribution >= 4 is 40.7 Å². The summed E-state index contributed by atoms with van der Waals surface area (Å²) in [6, 6.07) is 10.6. The average Bonchev–Trinajstić information content (AvgIpc) is 3.14. The Morgan fingerprint density at radius 1 is 1.14 bits per heavy atom. The third-order valence-electron chi connectivity index (χ3n) is 3.77. The summed E-state index contributed by atoms with van der Waals surface area (Å²) in [4.78, 5) is 22.5. The molecule has 9 heteroatoms. The Kier molecular flexibility index (Phi) is 6.31. The predicted octanol–water partition coefficient (Wildman–Crippen LogP) is 6.11. The van der Waals surface area contributed by atoms with Crippen LogP contribution in [0.4, 0.5) is 10.1 Å². The second kappa shape index (κ2) is 8.89. The lowest BCUT2D eigenvalue weighted by Gasteiger charge is -2.05. The lowest BCUT2D eigenvalue weighted by Crippen LogP contribution is -1.99.